The van der Waals surface area contributed by atoms with Crippen molar-refractivity contribution in [3.8, 4) is 0 Å². The summed E-state index contributed by atoms with van der Waals surface area (Å²) in [6, 6.07) is 3.86. The number of likely N-dealkylation sites (tertiary alicyclic amines) is 1. The molecule has 0 aromatic carbocycles. The molecule has 1 saturated carbocycles. The zero-order valence-electron chi connectivity index (χ0n) is 13.4. The number of ether oxygens (including phenoxy) is 1. The molecule has 2 heterocycles. The third kappa shape index (κ3) is 4.52. The Balaban J connectivity index is 1.37. The van der Waals surface area contributed by atoms with Crippen molar-refractivity contribution >= 4 is 11.3 Å². The minimum absolute atomic E-state index is 0.742. The van der Waals surface area contributed by atoms with E-state index in [0.29, 0.717) is 0 Å². The predicted molar refractivity (Wildman–Crippen MR) is 88.8 cm³/mol. The summed E-state index contributed by atoms with van der Waals surface area (Å²) < 4.78 is 5.92. The van der Waals surface area contributed by atoms with Crippen LogP contribution in [0.5, 0.6) is 0 Å². The molecule has 0 radical (unpaired) electrons. The fourth-order valence-electron chi connectivity index (χ4n) is 3.10. The van der Waals surface area contributed by atoms with E-state index in [1.54, 1.807) is 0 Å². The summed E-state index contributed by atoms with van der Waals surface area (Å²) in [4.78, 5) is 5.34. The van der Waals surface area contributed by atoms with Gasteiger partial charge in [-0.05, 0) is 64.3 Å². The molecular formula is C17H28N2OS. The van der Waals surface area contributed by atoms with Crippen LogP contribution in [0.15, 0.2) is 6.07 Å². The van der Waals surface area contributed by atoms with E-state index in [1.165, 1.54) is 54.0 Å². The Labute approximate surface area is 132 Å². The molecule has 1 atom stereocenters. The molecule has 0 amide bonds. The SMILES string of the molecule is Cc1sc(CNC2CC2)cc1COCCC1CCCN1C. The van der Waals surface area contributed by atoms with Gasteiger partial charge in [0, 0.05) is 35.0 Å². The minimum Gasteiger partial charge on any atom is -0.377 e. The van der Waals surface area contributed by atoms with E-state index < -0.39 is 0 Å². The van der Waals surface area contributed by atoms with Gasteiger partial charge >= 0.3 is 0 Å². The maximum atomic E-state index is 5.92. The van der Waals surface area contributed by atoms with Gasteiger partial charge in [0.25, 0.3) is 0 Å². The number of rotatable bonds is 8. The molecule has 1 N–H and O–H groups in total. The molecular weight excluding hydrogens is 280 g/mol. The quantitative estimate of drug-likeness (QED) is 0.746. The zero-order chi connectivity index (χ0) is 14.7. The average molecular weight is 308 g/mol. The van der Waals surface area contributed by atoms with Crippen molar-refractivity contribution in [3.05, 3.63) is 21.4 Å². The normalized spacial score (nSPS) is 23.0. The van der Waals surface area contributed by atoms with Crippen molar-refractivity contribution in [1.29, 1.82) is 0 Å². The summed E-state index contributed by atoms with van der Waals surface area (Å²) in [5, 5.41) is 3.59. The van der Waals surface area contributed by atoms with Crippen LogP contribution in [0, 0.1) is 6.92 Å². The van der Waals surface area contributed by atoms with Crippen LogP contribution in [0.3, 0.4) is 0 Å². The lowest BCUT2D eigenvalue weighted by Gasteiger charge is -2.18. The van der Waals surface area contributed by atoms with E-state index in [2.05, 4.69) is 30.3 Å². The molecule has 118 valence electrons. The second-order valence-electron chi connectivity index (χ2n) is 6.57. The highest BCUT2D eigenvalue weighted by Gasteiger charge is 2.21. The Hall–Kier alpha value is -0.420. The van der Waals surface area contributed by atoms with Crippen LogP contribution in [0.1, 0.15) is 47.4 Å². The molecule has 3 nitrogen and oxygen atoms in total. The lowest BCUT2D eigenvalue weighted by Crippen LogP contribution is -2.26. The molecule has 21 heavy (non-hydrogen) atoms. The van der Waals surface area contributed by atoms with E-state index in [-0.39, 0.29) is 0 Å². The lowest BCUT2D eigenvalue weighted by atomic mass is 10.1. The van der Waals surface area contributed by atoms with Crippen LogP contribution in [0.25, 0.3) is 0 Å². The Morgan fingerprint density at radius 2 is 2.24 bits per heavy atom. The van der Waals surface area contributed by atoms with Crippen LogP contribution >= 0.6 is 11.3 Å². The van der Waals surface area contributed by atoms with E-state index in [1.807, 2.05) is 11.3 Å². The third-order valence-electron chi connectivity index (χ3n) is 4.74. The summed E-state index contributed by atoms with van der Waals surface area (Å²) in [6.07, 6.45) is 6.58. The van der Waals surface area contributed by atoms with Gasteiger partial charge in [-0.3, -0.25) is 0 Å². The molecule has 3 rings (SSSR count). The molecule has 1 aliphatic carbocycles. The molecule has 2 fully saturated rings. The van der Waals surface area contributed by atoms with Crippen LogP contribution in [-0.4, -0.2) is 37.2 Å². The van der Waals surface area contributed by atoms with Gasteiger partial charge in [0.05, 0.1) is 6.61 Å². The van der Waals surface area contributed by atoms with Crippen LogP contribution < -0.4 is 5.32 Å². The standard InChI is InChI=1S/C17H28N2OS/c1-13-14(10-17(21-13)11-18-15-5-6-15)12-20-9-7-16-4-3-8-19(16)2/h10,15-16,18H,3-9,11-12H2,1-2H3. The molecule has 1 aromatic heterocycles. The summed E-state index contributed by atoms with van der Waals surface area (Å²) in [6.45, 7) is 6.17. The van der Waals surface area contributed by atoms with E-state index >= 15 is 0 Å². The molecule has 1 aromatic rings. The predicted octanol–water partition coefficient (Wildman–Crippen LogP) is 3.31. The van der Waals surface area contributed by atoms with Gasteiger partial charge < -0.3 is 15.0 Å². The number of hydrogen-bond donors (Lipinski definition) is 1. The first-order valence-electron chi connectivity index (χ1n) is 8.32. The second-order valence-corrected chi connectivity index (χ2v) is 7.91. The Kier molecular flexibility index (Phi) is 5.33. The summed E-state index contributed by atoms with van der Waals surface area (Å²) >= 11 is 1.92. The van der Waals surface area contributed by atoms with Crippen LogP contribution in [0.4, 0.5) is 0 Å². The van der Waals surface area contributed by atoms with Crippen molar-refractivity contribution in [1.82, 2.24) is 10.2 Å². The summed E-state index contributed by atoms with van der Waals surface area (Å²) in [5.74, 6) is 0. The van der Waals surface area contributed by atoms with Crippen molar-refractivity contribution in [2.75, 3.05) is 20.2 Å². The highest BCUT2D eigenvalue weighted by molar-refractivity contribution is 7.12. The molecule has 0 bridgehead atoms. The number of nitrogens with zero attached hydrogens (tertiary/aromatic N) is 1. The van der Waals surface area contributed by atoms with E-state index in [0.717, 1.165) is 31.8 Å². The minimum atomic E-state index is 0.742. The first-order valence-corrected chi connectivity index (χ1v) is 9.13. The smallest absolute Gasteiger partial charge is 0.0727 e. The van der Waals surface area contributed by atoms with E-state index in [4.69, 9.17) is 4.74 Å². The van der Waals surface area contributed by atoms with Gasteiger partial charge in [-0.1, -0.05) is 0 Å². The Morgan fingerprint density at radius 3 is 2.95 bits per heavy atom. The fraction of sp³-hybridized carbons (Fsp3) is 0.765. The highest BCUT2D eigenvalue weighted by Crippen LogP contribution is 2.25. The van der Waals surface area contributed by atoms with Gasteiger partial charge in [0.1, 0.15) is 0 Å². The number of aryl methyl sites for hydroxylation is 1. The second kappa shape index (κ2) is 7.23. The third-order valence-corrected chi connectivity index (χ3v) is 5.83. The first kappa shape index (κ1) is 15.5. The number of hydrogen-bond acceptors (Lipinski definition) is 4. The fourth-order valence-corrected chi connectivity index (χ4v) is 4.09. The van der Waals surface area contributed by atoms with Crippen molar-refractivity contribution in [3.63, 3.8) is 0 Å². The van der Waals surface area contributed by atoms with Crippen LogP contribution in [-0.2, 0) is 17.9 Å². The van der Waals surface area contributed by atoms with Crippen LogP contribution in [0.2, 0.25) is 0 Å². The largest absolute Gasteiger partial charge is 0.377 e. The molecule has 1 saturated heterocycles. The summed E-state index contributed by atoms with van der Waals surface area (Å²) in [5.41, 5.74) is 1.38. The van der Waals surface area contributed by atoms with Gasteiger partial charge in [0.15, 0.2) is 0 Å². The monoisotopic (exact) mass is 308 g/mol. The van der Waals surface area contributed by atoms with Gasteiger partial charge in [-0.2, -0.15) is 0 Å². The summed E-state index contributed by atoms with van der Waals surface area (Å²) in [7, 11) is 2.24. The highest BCUT2D eigenvalue weighted by atomic mass is 32.1. The maximum Gasteiger partial charge on any atom is 0.0727 e. The topological polar surface area (TPSA) is 24.5 Å². The van der Waals surface area contributed by atoms with Crippen molar-refractivity contribution in [2.24, 2.45) is 0 Å². The average Bonchev–Trinajstić information content (AvgIpc) is 3.11. The lowest BCUT2D eigenvalue weighted by molar-refractivity contribution is 0.101. The maximum absolute atomic E-state index is 5.92. The Bertz CT molecular complexity index is 456. The molecule has 0 spiro atoms. The van der Waals surface area contributed by atoms with Gasteiger partial charge in [-0.25, -0.2) is 0 Å². The Morgan fingerprint density at radius 1 is 1.38 bits per heavy atom. The molecule has 4 heteroatoms. The zero-order valence-corrected chi connectivity index (χ0v) is 14.2. The van der Waals surface area contributed by atoms with Crippen molar-refractivity contribution in [2.45, 2.75) is 64.3 Å². The molecule has 2 aliphatic rings. The number of nitrogens with one attached hydrogen (secondary N) is 1. The van der Waals surface area contributed by atoms with Gasteiger partial charge in [0.2, 0.25) is 0 Å². The molecule has 1 aliphatic heterocycles. The number of thiophene rings is 1. The first-order chi connectivity index (χ1) is 10.2. The van der Waals surface area contributed by atoms with Gasteiger partial charge in [-0.15, -0.1) is 11.3 Å². The van der Waals surface area contributed by atoms with Crippen molar-refractivity contribution < 1.29 is 4.74 Å². The molecule has 1 unspecified atom stereocenters. The van der Waals surface area contributed by atoms with E-state index in [9.17, 15) is 0 Å².